The van der Waals surface area contributed by atoms with Gasteiger partial charge in [-0.15, -0.1) is 0 Å². The lowest BCUT2D eigenvalue weighted by Gasteiger charge is -2.31. The molecule has 2 amide bonds. The molecule has 0 saturated carbocycles. The van der Waals surface area contributed by atoms with Crippen LogP contribution in [0.2, 0.25) is 10.0 Å². The Bertz CT molecular complexity index is 1310. The van der Waals surface area contributed by atoms with Gasteiger partial charge in [-0.3, -0.25) is 14.5 Å². The van der Waals surface area contributed by atoms with Crippen molar-refractivity contribution in [3.8, 4) is 11.5 Å². The van der Waals surface area contributed by atoms with Crippen LogP contribution >= 0.6 is 23.2 Å². The van der Waals surface area contributed by atoms with Crippen LogP contribution in [-0.4, -0.2) is 50.6 Å². The Balaban J connectivity index is 1.28. The van der Waals surface area contributed by atoms with Gasteiger partial charge >= 0.3 is 0 Å². The van der Waals surface area contributed by atoms with Gasteiger partial charge in [-0.25, -0.2) is 0 Å². The van der Waals surface area contributed by atoms with E-state index in [1.165, 1.54) is 0 Å². The lowest BCUT2D eigenvalue weighted by Crippen LogP contribution is -2.38. The van der Waals surface area contributed by atoms with Gasteiger partial charge in [0.25, 0.3) is 5.91 Å². The molecule has 0 unspecified atom stereocenters. The fraction of sp³-hybridized carbons (Fsp3) is 0.333. The molecule has 1 fully saturated rings. The number of para-hydroxylation sites is 1. The van der Waals surface area contributed by atoms with E-state index in [0.29, 0.717) is 45.8 Å². The topological polar surface area (TPSA) is 79.9 Å². The number of hydrogen-bond acceptors (Lipinski definition) is 5. The highest BCUT2D eigenvalue weighted by Gasteiger charge is 2.26. The van der Waals surface area contributed by atoms with Crippen molar-refractivity contribution in [1.29, 1.82) is 0 Å². The van der Waals surface area contributed by atoms with E-state index in [9.17, 15) is 9.59 Å². The van der Waals surface area contributed by atoms with Gasteiger partial charge in [0.05, 0.1) is 35.5 Å². The molecule has 3 aromatic carbocycles. The molecule has 0 radical (unpaired) electrons. The highest BCUT2D eigenvalue weighted by atomic mass is 35.5. The van der Waals surface area contributed by atoms with Gasteiger partial charge in [0.15, 0.2) is 11.5 Å². The van der Waals surface area contributed by atoms with E-state index in [1.807, 2.05) is 42.5 Å². The molecule has 206 valence electrons. The zero-order valence-electron chi connectivity index (χ0n) is 22.1. The number of anilines is 1. The van der Waals surface area contributed by atoms with Crippen LogP contribution in [0.1, 0.15) is 34.3 Å². The predicted octanol–water partition coefficient (Wildman–Crippen LogP) is 5.83. The summed E-state index contributed by atoms with van der Waals surface area (Å²) in [6.45, 7) is 2.80. The summed E-state index contributed by atoms with van der Waals surface area (Å²) >= 11 is 12.2. The molecule has 0 atom stereocenters. The van der Waals surface area contributed by atoms with E-state index in [1.54, 1.807) is 32.4 Å². The first-order chi connectivity index (χ1) is 18.9. The molecule has 39 heavy (non-hydrogen) atoms. The normalized spacial score (nSPS) is 14.1. The van der Waals surface area contributed by atoms with Crippen molar-refractivity contribution in [2.45, 2.75) is 25.8 Å². The number of nitrogens with zero attached hydrogens (tertiary/aromatic N) is 1. The van der Waals surface area contributed by atoms with Crippen molar-refractivity contribution < 1.29 is 19.1 Å². The maximum absolute atomic E-state index is 13.1. The first kappa shape index (κ1) is 28.7. The minimum absolute atomic E-state index is 0.0604. The molecule has 0 spiro atoms. The maximum atomic E-state index is 13.1. The predicted molar refractivity (Wildman–Crippen MR) is 155 cm³/mol. The standard InChI is InChI=1S/C30H33Cl2N3O4/c1-38-27-10-8-20(18-28(27)39-2)11-14-33-30(37)23-5-3-4-6-26(23)34-29(36)22-12-15-35(16-13-22)19-21-7-9-24(31)25(32)17-21/h3-10,17-18,22H,11-16,19H2,1-2H3,(H,33,37)(H,34,36). The Morgan fingerprint density at radius 2 is 1.62 bits per heavy atom. The number of halogens is 2. The number of likely N-dealkylation sites (tertiary alicyclic amines) is 1. The van der Waals surface area contributed by atoms with Crippen LogP contribution in [0.4, 0.5) is 5.69 Å². The summed E-state index contributed by atoms with van der Waals surface area (Å²) in [7, 11) is 3.19. The Hall–Kier alpha value is -3.26. The average Bonchev–Trinajstić information content (AvgIpc) is 2.95. The van der Waals surface area contributed by atoms with Crippen molar-refractivity contribution in [3.05, 3.63) is 87.4 Å². The second kappa shape index (κ2) is 13.7. The third-order valence-corrected chi connectivity index (χ3v) is 7.66. The summed E-state index contributed by atoms with van der Waals surface area (Å²) in [6.07, 6.45) is 2.11. The summed E-state index contributed by atoms with van der Waals surface area (Å²) in [5, 5.41) is 7.04. The van der Waals surface area contributed by atoms with Crippen molar-refractivity contribution in [2.24, 2.45) is 5.92 Å². The van der Waals surface area contributed by atoms with Crippen LogP contribution in [0, 0.1) is 5.92 Å². The number of ether oxygens (including phenoxy) is 2. The molecule has 0 aromatic heterocycles. The van der Waals surface area contributed by atoms with E-state index in [2.05, 4.69) is 15.5 Å². The zero-order valence-corrected chi connectivity index (χ0v) is 23.6. The van der Waals surface area contributed by atoms with E-state index in [-0.39, 0.29) is 17.7 Å². The SMILES string of the molecule is COc1ccc(CCNC(=O)c2ccccc2NC(=O)C2CCN(Cc3ccc(Cl)c(Cl)c3)CC2)cc1OC. The number of rotatable bonds is 10. The fourth-order valence-electron chi connectivity index (χ4n) is 4.73. The number of benzene rings is 3. The molecule has 1 aliphatic rings. The Kier molecular flexibility index (Phi) is 10.1. The maximum Gasteiger partial charge on any atom is 0.253 e. The minimum atomic E-state index is -0.233. The number of piperidine rings is 1. The number of carbonyl (C=O) groups is 2. The van der Waals surface area contributed by atoms with Crippen molar-refractivity contribution in [1.82, 2.24) is 10.2 Å². The number of methoxy groups -OCH3 is 2. The van der Waals surface area contributed by atoms with E-state index in [4.69, 9.17) is 32.7 Å². The molecule has 1 aliphatic heterocycles. The van der Waals surface area contributed by atoms with Gasteiger partial charge < -0.3 is 20.1 Å². The van der Waals surface area contributed by atoms with Gasteiger partial charge in [-0.05, 0) is 79.9 Å². The third-order valence-electron chi connectivity index (χ3n) is 6.93. The quantitative estimate of drug-likeness (QED) is 0.321. The largest absolute Gasteiger partial charge is 0.493 e. The Morgan fingerprint density at radius 3 is 2.33 bits per heavy atom. The molecular weight excluding hydrogens is 537 g/mol. The smallest absolute Gasteiger partial charge is 0.253 e. The first-order valence-electron chi connectivity index (χ1n) is 12.9. The van der Waals surface area contributed by atoms with E-state index < -0.39 is 0 Å². The molecule has 3 aromatic rings. The van der Waals surface area contributed by atoms with Crippen LogP contribution in [0.15, 0.2) is 60.7 Å². The van der Waals surface area contributed by atoms with E-state index >= 15 is 0 Å². The van der Waals surface area contributed by atoms with Crippen molar-refractivity contribution in [2.75, 3.05) is 39.2 Å². The van der Waals surface area contributed by atoms with E-state index in [0.717, 1.165) is 43.6 Å². The van der Waals surface area contributed by atoms with Gasteiger partial charge in [0, 0.05) is 19.0 Å². The van der Waals surface area contributed by atoms with Crippen LogP contribution in [-0.2, 0) is 17.8 Å². The third kappa shape index (κ3) is 7.66. The molecule has 0 aliphatic carbocycles. The lowest BCUT2D eigenvalue weighted by molar-refractivity contribution is -0.121. The second-order valence-corrected chi connectivity index (χ2v) is 10.3. The van der Waals surface area contributed by atoms with Crippen LogP contribution in [0.25, 0.3) is 0 Å². The molecule has 0 bridgehead atoms. The molecule has 2 N–H and O–H groups in total. The summed E-state index contributed by atoms with van der Waals surface area (Å²) in [5.41, 5.74) is 3.07. The molecular formula is C30H33Cl2N3O4. The zero-order chi connectivity index (χ0) is 27.8. The summed E-state index contributed by atoms with van der Waals surface area (Å²) in [4.78, 5) is 28.4. The number of carbonyl (C=O) groups excluding carboxylic acids is 2. The monoisotopic (exact) mass is 569 g/mol. The second-order valence-electron chi connectivity index (χ2n) is 9.53. The lowest BCUT2D eigenvalue weighted by atomic mass is 9.95. The Labute approximate surface area is 239 Å². The highest BCUT2D eigenvalue weighted by Crippen LogP contribution is 2.28. The minimum Gasteiger partial charge on any atom is -0.493 e. The summed E-state index contributed by atoms with van der Waals surface area (Å²) in [5.74, 6) is 0.899. The van der Waals surface area contributed by atoms with Crippen LogP contribution in [0.5, 0.6) is 11.5 Å². The first-order valence-corrected chi connectivity index (χ1v) is 13.7. The summed E-state index contributed by atoms with van der Waals surface area (Å²) < 4.78 is 10.6. The molecule has 4 rings (SSSR count). The Morgan fingerprint density at radius 1 is 0.897 bits per heavy atom. The molecule has 7 nitrogen and oxygen atoms in total. The molecule has 9 heteroatoms. The fourth-order valence-corrected chi connectivity index (χ4v) is 5.05. The number of hydrogen-bond donors (Lipinski definition) is 2. The van der Waals surface area contributed by atoms with Crippen LogP contribution in [0.3, 0.4) is 0 Å². The van der Waals surface area contributed by atoms with Crippen LogP contribution < -0.4 is 20.1 Å². The van der Waals surface area contributed by atoms with Gasteiger partial charge in [-0.2, -0.15) is 0 Å². The van der Waals surface area contributed by atoms with Gasteiger partial charge in [0.2, 0.25) is 5.91 Å². The van der Waals surface area contributed by atoms with Crippen molar-refractivity contribution in [3.63, 3.8) is 0 Å². The van der Waals surface area contributed by atoms with Crippen molar-refractivity contribution >= 4 is 40.7 Å². The summed E-state index contributed by atoms with van der Waals surface area (Å²) in [6, 6.07) is 18.5. The highest BCUT2D eigenvalue weighted by molar-refractivity contribution is 6.42. The number of nitrogens with one attached hydrogen (secondary N) is 2. The molecule has 1 saturated heterocycles. The molecule has 1 heterocycles. The van der Waals surface area contributed by atoms with Gasteiger partial charge in [-0.1, -0.05) is 47.5 Å². The van der Waals surface area contributed by atoms with Gasteiger partial charge in [0.1, 0.15) is 0 Å². The average molecular weight is 571 g/mol. The number of amides is 2.